The molecule has 2 saturated heterocycles. The highest BCUT2D eigenvalue weighted by Crippen LogP contribution is 2.35. The van der Waals surface area contributed by atoms with Crippen LogP contribution in [0.3, 0.4) is 0 Å². The Labute approximate surface area is 145 Å². The van der Waals surface area contributed by atoms with Crippen molar-refractivity contribution in [3.63, 3.8) is 0 Å². The molecule has 1 aromatic heterocycles. The van der Waals surface area contributed by atoms with Gasteiger partial charge in [-0.05, 0) is 37.1 Å². The van der Waals surface area contributed by atoms with Crippen LogP contribution in [0.5, 0.6) is 0 Å². The zero-order valence-corrected chi connectivity index (χ0v) is 14.3. The van der Waals surface area contributed by atoms with Crippen LogP contribution in [-0.2, 0) is 9.59 Å². The molecule has 6 nitrogen and oxygen atoms in total. The third-order valence-corrected chi connectivity index (χ3v) is 6.31. The minimum atomic E-state index is -0.663. The summed E-state index contributed by atoms with van der Waals surface area (Å²) in [5.41, 5.74) is 0. The van der Waals surface area contributed by atoms with Crippen molar-refractivity contribution in [2.75, 3.05) is 13.2 Å². The number of carbonyl (C=O) groups is 3. The predicted molar refractivity (Wildman–Crippen MR) is 89.2 cm³/mol. The predicted octanol–water partition coefficient (Wildman–Crippen LogP) is 2.58. The number of hydrogen-bond donors (Lipinski definition) is 0. The van der Waals surface area contributed by atoms with Crippen LogP contribution in [-0.4, -0.2) is 51.8 Å². The summed E-state index contributed by atoms with van der Waals surface area (Å²) in [4.78, 5) is 43.1. The van der Waals surface area contributed by atoms with E-state index in [1.54, 1.807) is 11.3 Å². The highest BCUT2D eigenvalue weighted by molar-refractivity contribution is 7.10. The summed E-state index contributed by atoms with van der Waals surface area (Å²) in [7, 11) is 0. The van der Waals surface area contributed by atoms with Crippen LogP contribution in [0.1, 0.15) is 49.4 Å². The molecule has 1 aliphatic carbocycles. The largest absolute Gasteiger partial charge is 0.335 e. The van der Waals surface area contributed by atoms with Crippen LogP contribution < -0.4 is 0 Å². The number of amides is 4. The molecule has 0 spiro atoms. The Morgan fingerprint density at radius 3 is 2.54 bits per heavy atom. The summed E-state index contributed by atoms with van der Waals surface area (Å²) in [5, 5.41) is 2.04. The van der Waals surface area contributed by atoms with E-state index >= 15 is 0 Å². The standard InChI is InChI=1S/C17H21N3O3S/c21-15-16(22)20(12-5-1-2-6-12)17(23)19(15)11-18-9-3-7-13(18)14-8-4-10-24-14/h4,8,10,12-13H,1-3,5-7,9,11H2/t13-/m0/s1. The van der Waals surface area contributed by atoms with Gasteiger partial charge in [0, 0.05) is 23.5 Å². The van der Waals surface area contributed by atoms with E-state index in [-0.39, 0.29) is 18.8 Å². The van der Waals surface area contributed by atoms with Crippen LogP contribution in [0.4, 0.5) is 4.79 Å². The van der Waals surface area contributed by atoms with Crippen LogP contribution >= 0.6 is 11.3 Å². The molecule has 3 aliphatic rings. The monoisotopic (exact) mass is 347 g/mol. The third kappa shape index (κ3) is 2.56. The molecule has 0 aromatic carbocycles. The van der Waals surface area contributed by atoms with Gasteiger partial charge in [-0.2, -0.15) is 0 Å². The van der Waals surface area contributed by atoms with Crippen molar-refractivity contribution in [1.29, 1.82) is 0 Å². The Balaban J connectivity index is 1.50. The molecule has 1 aromatic rings. The molecule has 3 heterocycles. The van der Waals surface area contributed by atoms with E-state index in [4.69, 9.17) is 0 Å². The summed E-state index contributed by atoms with van der Waals surface area (Å²) in [5.74, 6) is -1.30. The van der Waals surface area contributed by atoms with Gasteiger partial charge in [-0.25, -0.2) is 9.69 Å². The molecule has 1 atom stereocenters. The molecule has 4 amide bonds. The van der Waals surface area contributed by atoms with E-state index in [1.165, 1.54) is 9.78 Å². The fourth-order valence-corrected chi connectivity index (χ4v) is 5.01. The van der Waals surface area contributed by atoms with Gasteiger partial charge in [-0.1, -0.05) is 18.9 Å². The van der Waals surface area contributed by atoms with Gasteiger partial charge in [-0.3, -0.25) is 19.4 Å². The summed E-state index contributed by atoms with van der Waals surface area (Å²) in [6.07, 6.45) is 5.74. The second-order valence-electron chi connectivity index (χ2n) is 6.76. The zero-order valence-electron chi connectivity index (χ0n) is 13.5. The first-order valence-electron chi connectivity index (χ1n) is 8.63. The van der Waals surface area contributed by atoms with Crippen LogP contribution in [0.25, 0.3) is 0 Å². The van der Waals surface area contributed by atoms with Crippen LogP contribution in [0.15, 0.2) is 17.5 Å². The Morgan fingerprint density at radius 2 is 1.83 bits per heavy atom. The van der Waals surface area contributed by atoms with E-state index in [9.17, 15) is 14.4 Å². The number of carbonyl (C=O) groups excluding carboxylic acids is 3. The average Bonchev–Trinajstić information content (AvgIpc) is 3.33. The van der Waals surface area contributed by atoms with Crippen molar-refractivity contribution >= 4 is 29.2 Å². The van der Waals surface area contributed by atoms with Gasteiger partial charge in [0.25, 0.3) is 0 Å². The molecular weight excluding hydrogens is 326 g/mol. The minimum Gasteiger partial charge on any atom is -0.278 e. The molecule has 0 unspecified atom stereocenters. The maximum Gasteiger partial charge on any atom is 0.335 e. The lowest BCUT2D eigenvalue weighted by atomic mass is 10.2. The highest BCUT2D eigenvalue weighted by atomic mass is 32.1. The Hall–Kier alpha value is -1.73. The Bertz CT molecular complexity index is 654. The Morgan fingerprint density at radius 1 is 1.04 bits per heavy atom. The lowest BCUT2D eigenvalue weighted by Gasteiger charge is -2.28. The van der Waals surface area contributed by atoms with E-state index in [0.29, 0.717) is 0 Å². The van der Waals surface area contributed by atoms with Crippen molar-refractivity contribution < 1.29 is 14.4 Å². The van der Waals surface area contributed by atoms with Gasteiger partial charge >= 0.3 is 17.8 Å². The van der Waals surface area contributed by atoms with E-state index in [1.807, 2.05) is 11.4 Å². The van der Waals surface area contributed by atoms with Gasteiger partial charge in [0.05, 0.1) is 6.67 Å². The first-order chi connectivity index (χ1) is 11.7. The summed E-state index contributed by atoms with van der Waals surface area (Å²) in [6.45, 7) is 1.06. The smallest absolute Gasteiger partial charge is 0.278 e. The normalized spacial score (nSPS) is 26.3. The summed E-state index contributed by atoms with van der Waals surface area (Å²) >= 11 is 1.70. The molecule has 24 heavy (non-hydrogen) atoms. The van der Waals surface area contributed by atoms with Gasteiger partial charge in [0.15, 0.2) is 0 Å². The molecule has 3 fully saturated rings. The number of hydrogen-bond acceptors (Lipinski definition) is 5. The van der Waals surface area contributed by atoms with E-state index in [2.05, 4.69) is 11.0 Å². The molecule has 0 radical (unpaired) electrons. The van der Waals surface area contributed by atoms with Crippen molar-refractivity contribution in [2.45, 2.75) is 50.6 Å². The molecule has 1 saturated carbocycles. The van der Waals surface area contributed by atoms with Crippen molar-refractivity contribution in [2.24, 2.45) is 0 Å². The topological polar surface area (TPSA) is 60.9 Å². The maximum atomic E-state index is 12.7. The van der Waals surface area contributed by atoms with Crippen molar-refractivity contribution in [3.8, 4) is 0 Å². The molecule has 7 heteroatoms. The van der Waals surface area contributed by atoms with Gasteiger partial charge in [0.1, 0.15) is 0 Å². The van der Waals surface area contributed by atoms with E-state index in [0.717, 1.165) is 50.0 Å². The number of likely N-dealkylation sites (tertiary alicyclic amines) is 1. The fraction of sp³-hybridized carbons (Fsp3) is 0.588. The molecule has 4 rings (SSSR count). The van der Waals surface area contributed by atoms with Gasteiger partial charge < -0.3 is 0 Å². The molecule has 2 aliphatic heterocycles. The number of imide groups is 2. The lowest BCUT2D eigenvalue weighted by molar-refractivity contribution is -0.144. The molecule has 0 bridgehead atoms. The summed E-state index contributed by atoms with van der Waals surface area (Å²) < 4.78 is 0. The van der Waals surface area contributed by atoms with Crippen molar-refractivity contribution in [1.82, 2.24) is 14.7 Å². The van der Waals surface area contributed by atoms with Crippen LogP contribution in [0, 0.1) is 0 Å². The SMILES string of the molecule is O=C1C(=O)N(C2CCCC2)C(=O)N1CN1CCC[C@H]1c1cccs1. The Kier molecular flexibility index (Phi) is 4.14. The average molecular weight is 347 g/mol. The second-order valence-corrected chi connectivity index (χ2v) is 7.74. The number of thiophene rings is 1. The lowest BCUT2D eigenvalue weighted by Crippen LogP contribution is -2.43. The molecule has 0 N–H and O–H groups in total. The molecular formula is C17H21N3O3S. The van der Waals surface area contributed by atoms with Crippen LogP contribution in [0.2, 0.25) is 0 Å². The van der Waals surface area contributed by atoms with Crippen molar-refractivity contribution in [3.05, 3.63) is 22.4 Å². The minimum absolute atomic E-state index is 0.0920. The summed E-state index contributed by atoms with van der Waals surface area (Å²) in [6, 6.07) is 3.84. The fourth-order valence-electron chi connectivity index (χ4n) is 4.11. The van der Waals surface area contributed by atoms with Gasteiger partial charge in [-0.15, -0.1) is 11.3 Å². The maximum absolute atomic E-state index is 12.7. The first kappa shape index (κ1) is 15.8. The number of urea groups is 1. The highest BCUT2D eigenvalue weighted by Gasteiger charge is 2.49. The van der Waals surface area contributed by atoms with E-state index < -0.39 is 17.8 Å². The molecule has 128 valence electrons. The van der Waals surface area contributed by atoms with Gasteiger partial charge in [0.2, 0.25) is 0 Å². The number of rotatable bonds is 4. The first-order valence-corrected chi connectivity index (χ1v) is 9.51. The third-order valence-electron chi connectivity index (χ3n) is 5.33. The quantitative estimate of drug-likeness (QED) is 0.620. The number of nitrogens with zero attached hydrogens (tertiary/aromatic N) is 3. The second kappa shape index (κ2) is 6.29. The zero-order chi connectivity index (χ0) is 16.7.